The van der Waals surface area contributed by atoms with E-state index in [4.69, 9.17) is 0 Å². The molecule has 7 nitrogen and oxygen atoms in total. The number of rotatable bonds is 5. The minimum Gasteiger partial charge on any atom is -0.342 e. The number of fused-ring (bicyclic) bond motifs is 1. The number of carbonyl (C=O) groups is 2. The van der Waals surface area contributed by atoms with Crippen molar-refractivity contribution in [1.29, 1.82) is 0 Å². The number of nitrogens with zero attached hydrogens (tertiary/aromatic N) is 2. The van der Waals surface area contributed by atoms with Gasteiger partial charge in [0.2, 0.25) is 0 Å². The molecule has 4 rings (SSSR count). The first kappa shape index (κ1) is 18.8. The number of aromatic amines is 1. The fourth-order valence-electron chi connectivity index (χ4n) is 2.97. The fourth-order valence-corrected chi connectivity index (χ4v) is 3.86. The lowest BCUT2D eigenvalue weighted by Crippen LogP contribution is -2.40. The zero-order valence-corrected chi connectivity index (χ0v) is 16.7. The predicted octanol–water partition coefficient (Wildman–Crippen LogP) is 3.94. The standard InChI is InChI=1S/C21H19N5O2S/c1-21(2,14-8-4-3-5-9-14)24-19(28)16-11-15-17(25-26-20(15)29-16)23-18(27)13-7-6-10-22-12-13/h3-12H,1-2H3,(H,24,28)(H2,23,25,26,27). The molecule has 3 N–H and O–H groups in total. The lowest BCUT2D eigenvalue weighted by molar-refractivity contribution is 0.0915. The quantitative estimate of drug-likeness (QED) is 0.468. The normalized spacial score (nSPS) is 11.4. The van der Waals surface area contributed by atoms with Crippen molar-refractivity contribution in [1.82, 2.24) is 20.5 Å². The van der Waals surface area contributed by atoms with Gasteiger partial charge in [-0.3, -0.25) is 19.7 Å². The number of benzene rings is 1. The van der Waals surface area contributed by atoms with E-state index in [-0.39, 0.29) is 11.8 Å². The molecule has 0 atom stereocenters. The van der Waals surface area contributed by atoms with E-state index >= 15 is 0 Å². The molecule has 0 saturated carbocycles. The molecule has 0 aliphatic heterocycles. The molecular formula is C21H19N5O2S. The number of anilines is 1. The van der Waals surface area contributed by atoms with Crippen LogP contribution < -0.4 is 10.6 Å². The molecular weight excluding hydrogens is 386 g/mol. The van der Waals surface area contributed by atoms with E-state index in [1.807, 2.05) is 44.2 Å². The van der Waals surface area contributed by atoms with Crippen molar-refractivity contribution in [3.05, 3.63) is 76.9 Å². The summed E-state index contributed by atoms with van der Waals surface area (Å²) in [6, 6.07) is 14.9. The Morgan fingerprint density at radius 3 is 2.59 bits per heavy atom. The lowest BCUT2D eigenvalue weighted by Gasteiger charge is -2.26. The number of carbonyl (C=O) groups excluding carboxylic acids is 2. The van der Waals surface area contributed by atoms with E-state index in [0.717, 1.165) is 5.56 Å². The van der Waals surface area contributed by atoms with Gasteiger partial charge in [0.05, 0.1) is 21.4 Å². The maximum Gasteiger partial charge on any atom is 0.262 e. The summed E-state index contributed by atoms with van der Waals surface area (Å²) in [5.41, 5.74) is 0.927. The van der Waals surface area contributed by atoms with Crippen LogP contribution in [0, 0.1) is 0 Å². The Kier molecular flexibility index (Phi) is 4.85. The second kappa shape index (κ2) is 7.48. The maximum atomic E-state index is 12.8. The molecule has 8 heteroatoms. The van der Waals surface area contributed by atoms with Crippen LogP contribution in [0.25, 0.3) is 10.2 Å². The van der Waals surface area contributed by atoms with Gasteiger partial charge in [-0.15, -0.1) is 11.3 Å². The molecule has 0 fully saturated rings. The Bertz CT molecular complexity index is 1170. The van der Waals surface area contributed by atoms with Gasteiger partial charge in [0, 0.05) is 12.4 Å². The molecule has 0 saturated heterocycles. The van der Waals surface area contributed by atoms with Gasteiger partial charge in [-0.05, 0) is 37.6 Å². The molecule has 3 aromatic heterocycles. The van der Waals surface area contributed by atoms with E-state index in [2.05, 4.69) is 25.8 Å². The summed E-state index contributed by atoms with van der Waals surface area (Å²) in [6.07, 6.45) is 3.09. The van der Waals surface area contributed by atoms with Crippen molar-refractivity contribution >= 4 is 39.2 Å². The van der Waals surface area contributed by atoms with Crippen LogP contribution in [0.4, 0.5) is 5.82 Å². The number of hydrogen-bond acceptors (Lipinski definition) is 5. The number of pyridine rings is 1. The van der Waals surface area contributed by atoms with Gasteiger partial charge >= 0.3 is 0 Å². The largest absolute Gasteiger partial charge is 0.342 e. The third kappa shape index (κ3) is 3.88. The molecule has 3 heterocycles. The molecule has 0 radical (unpaired) electrons. The van der Waals surface area contributed by atoms with E-state index in [1.165, 1.54) is 17.5 Å². The van der Waals surface area contributed by atoms with Gasteiger partial charge in [0.1, 0.15) is 10.6 Å². The van der Waals surface area contributed by atoms with Crippen molar-refractivity contribution in [2.75, 3.05) is 5.32 Å². The van der Waals surface area contributed by atoms with E-state index in [9.17, 15) is 9.59 Å². The Morgan fingerprint density at radius 1 is 1.07 bits per heavy atom. The molecule has 0 bridgehead atoms. The zero-order chi connectivity index (χ0) is 20.4. The Labute approximate surface area is 171 Å². The number of amides is 2. The topological polar surface area (TPSA) is 99.8 Å². The Hall–Kier alpha value is -3.52. The number of thiophene rings is 1. The van der Waals surface area contributed by atoms with Gasteiger partial charge in [-0.1, -0.05) is 30.3 Å². The number of hydrogen-bond donors (Lipinski definition) is 3. The Balaban J connectivity index is 1.54. The SMILES string of the molecule is CC(C)(NC(=O)c1cc2c(NC(=O)c3cccnc3)[nH]nc2s1)c1ccccc1. The molecule has 4 aromatic rings. The summed E-state index contributed by atoms with van der Waals surface area (Å²) in [4.78, 5) is 30.3. The summed E-state index contributed by atoms with van der Waals surface area (Å²) in [5, 5.41) is 13.6. The lowest BCUT2D eigenvalue weighted by atomic mass is 9.94. The third-order valence-corrected chi connectivity index (χ3v) is 5.59. The van der Waals surface area contributed by atoms with Crippen LogP contribution in [-0.4, -0.2) is 27.0 Å². The van der Waals surface area contributed by atoms with Crippen LogP contribution in [-0.2, 0) is 5.54 Å². The van der Waals surface area contributed by atoms with Crippen LogP contribution in [0.5, 0.6) is 0 Å². The highest BCUT2D eigenvalue weighted by Crippen LogP contribution is 2.30. The summed E-state index contributed by atoms with van der Waals surface area (Å²) in [5.74, 6) is -0.0380. The highest BCUT2D eigenvalue weighted by molar-refractivity contribution is 7.20. The van der Waals surface area contributed by atoms with Crippen LogP contribution in [0.15, 0.2) is 60.9 Å². The Morgan fingerprint density at radius 2 is 1.86 bits per heavy atom. The number of aromatic nitrogens is 3. The number of H-pyrrole nitrogens is 1. The molecule has 0 aliphatic carbocycles. The van der Waals surface area contributed by atoms with E-state index in [1.54, 1.807) is 24.4 Å². The van der Waals surface area contributed by atoms with Crippen LogP contribution in [0.3, 0.4) is 0 Å². The molecule has 0 aliphatic rings. The van der Waals surface area contributed by atoms with Crippen molar-refractivity contribution in [3.63, 3.8) is 0 Å². The van der Waals surface area contributed by atoms with Gasteiger partial charge in [0.15, 0.2) is 0 Å². The minimum absolute atomic E-state index is 0.189. The first-order valence-corrected chi connectivity index (χ1v) is 9.83. The zero-order valence-electron chi connectivity index (χ0n) is 15.9. The summed E-state index contributed by atoms with van der Waals surface area (Å²) < 4.78 is 0. The van der Waals surface area contributed by atoms with E-state index in [0.29, 0.717) is 26.5 Å². The first-order valence-electron chi connectivity index (χ1n) is 9.01. The second-order valence-corrected chi connectivity index (χ2v) is 8.10. The molecule has 0 spiro atoms. The van der Waals surface area contributed by atoms with Crippen molar-refractivity contribution < 1.29 is 9.59 Å². The van der Waals surface area contributed by atoms with Crippen molar-refractivity contribution in [3.8, 4) is 0 Å². The monoisotopic (exact) mass is 405 g/mol. The predicted molar refractivity (Wildman–Crippen MR) is 113 cm³/mol. The fraction of sp³-hybridized carbons (Fsp3) is 0.143. The summed E-state index contributed by atoms with van der Waals surface area (Å²) in [6.45, 7) is 3.91. The van der Waals surface area contributed by atoms with Gasteiger partial charge in [0.25, 0.3) is 11.8 Å². The van der Waals surface area contributed by atoms with Crippen LogP contribution in [0.2, 0.25) is 0 Å². The highest BCUT2D eigenvalue weighted by Gasteiger charge is 2.25. The maximum absolute atomic E-state index is 12.8. The smallest absolute Gasteiger partial charge is 0.262 e. The molecule has 2 amide bonds. The summed E-state index contributed by atoms with van der Waals surface area (Å²) >= 11 is 1.27. The highest BCUT2D eigenvalue weighted by atomic mass is 32.1. The minimum atomic E-state index is -0.525. The van der Waals surface area contributed by atoms with Crippen molar-refractivity contribution in [2.24, 2.45) is 0 Å². The molecule has 146 valence electrons. The number of nitrogens with one attached hydrogen (secondary N) is 3. The average Bonchev–Trinajstić information content (AvgIpc) is 3.31. The average molecular weight is 405 g/mol. The van der Waals surface area contributed by atoms with E-state index < -0.39 is 5.54 Å². The van der Waals surface area contributed by atoms with Gasteiger partial charge in [-0.25, -0.2) is 0 Å². The van der Waals surface area contributed by atoms with Crippen LogP contribution >= 0.6 is 11.3 Å². The summed E-state index contributed by atoms with van der Waals surface area (Å²) in [7, 11) is 0. The van der Waals surface area contributed by atoms with Gasteiger partial charge in [-0.2, -0.15) is 5.10 Å². The van der Waals surface area contributed by atoms with Crippen LogP contribution in [0.1, 0.15) is 39.4 Å². The van der Waals surface area contributed by atoms with Crippen molar-refractivity contribution in [2.45, 2.75) is 19.4 Å². The molecule has 29 heavy (non-hydrogen) atoms. The molecule has 1 aromatic carbocycles. The third-order valence-electron chi connectivity index (χ3n) is 4.56. The second-order valence-electron chi connectivity index (χ2n) is 7.07. The first-order chi connectivity index (χ1) is 13.9. The molecule has 0 unspecified atom stereocenters. The van der Waals surface area contributed by atoms with Gasteiger partial charge < -0.3 is 10.6 Å².